The van der Waals surface area contributed by atoms with Crippen LogP contribution in [0.3, 0.4) is 0 Å². The van der Waals surface area contributed by atoms with Gasteiger partial charge < -0.3 is 10.2 Å². The number of rotatable bonds is 6. The molecule has 1 aromatic heterocycles. The first-order valence-electron chi connectivity index (χ1n) is 7.12. The Balaban J connectivity index is 2.12. The summed E-state index contributed by atoms with van der Waals surface area (Å²) in [4.78, 5) is 10.7. The maximum atomic E-state index is 13.8. The monoisotopic (exact) mass is 288 g/mol. The number of hydrogen-bond donors (Lipinski definition) is 1. The Morgan fingerprint density at radius 2 is 2.00 bits per heavy atom. The zero-order chi connectivity index (χ0) is 15.2. The van der Waals surface area contributed by atoms with Crippen molar-refractivity contribution in [2.45, 2.75) is 26.4 Å². The van der Waals surface area contributed by atoms with Crippen LogP contribution in [-0.2, 0) is 6.54 Å². The van der Waals surface area contributed by atoms with Crippen LogP contribution in [0.5, 0.6) is 0 Å². The fraction of sp³-hybridized carbons (Fsp3) is 0.375. The summed E-state index contributed by atoms with van der Waals surface area (Å²) in [5.41, 5.74) is 1.55. The Bertz CT molecular complexity index is 571. The molecule has 1 heterocycles. The van der Waals surface area contributed by atoms with Crippen LogP contribution in [0.15, 0.2) is 36.7 Å². The maximum absolute atomic E-state index is 13.8. The molecule has 2 aromatic rings. The first kappa shape index (κ1) is 15.4. The lowest BCUT2D eigenvalue weighted by molar-refractivity contribution is 0.583. The van der Waals surface area contributed by atoms with Crippen LogP contribution < -0.4 is 10.2 Å². The zero-order valence-electron chi connectivity index (χ0n) is 12.7. The Morgan fingerprint density at radius 3 is 2.62 bits per heavy atom. The van der Waals surface area contributed by atoms with Crippen molar-refractivity contribution >= 4 is 5.82 Å². The third kappa shape index (κ3) is 3.76. The molecule has 0 bridgehead atoms. The van der Waals surface area contributed by atoms with Crippen LogP contribution in [-0.4, -0.2) is 23.6 Å². The van der Waals surface area contributed by atoms with Gasteiger partial charge in [-0.15, -0.1) is 0 Å². The number of halogens is 1. The third-order valence-electron chi connectivity index (χ3n) is 3.55. The topological polar surface area (TPSA) is 41.1 Å². The summed E-state index contributed by atoms with van der Waals surface area (Å²) < 4.78 is 13.8. The molecule has 0 spiro atoms. The summed E-state index contributed by atoms with van der Waals surface area (Å²) in [5, 5.41) is 3.20. The summed E-state index contributed by atoms with van der Waals surface area (Å²) in [6.07, 6.45) is 3.48. The summed E-state index contributed by atoms with van der Waals surface area (Å²) in [5.74, 6) is 0.527. The Hall–Kier alpha value is -2.01. The second kappa shape index (κ2) is 7.13. The minimum Gasteiger partial charge on any atom is -0.352 e. The van der Waals surface area contributed by atoms with Crippen molar-refractivity contribution in [1.29, 1.82) is 0 Å². The minimum atomic E-state index is -0.200. The SMILES string of the molecule is CCNCc1cnc(N(C)C(C)c2ccccc2F)cn1. The Kier molecular flexibility index (Phi) is 5.22. The fourth-order valence-electron chi connectivity index (χ4n) is 2.10. The average molecular weight is 288 g/mol. The number of nitrogens with one attached hydrogen (secondary N) is 1. The highest BCUT2D eigenvalue weighted by molar-refractivity contribution is 5.39. The van der Waals surface area contributed by atoms with Gasteiger partial charge in [0.15, 0.2) is 0 Å². The van der Waals surface area contributed by atoms with E-state index in [0.717, 1.165) is 18.1 Å². The summed E-state index contributed by atoms with van der Waals surface area (Å²) >= 11 is 0. The molecule has 112 valence electrons. The number of aromatic nitrogens is 2. The molecule has 1 N–H and O–H groups in total. The van der Waals surface area contributed by atoms with Gasteiger partial charge in [-0.05, 0) is 19.5 Å². The van der Waals surface area contributed by atoms with Crippen molar-refractivity contribution in [3.05, 3.63) is 53.7 Å². The van der Waals surface area contributed by atoms with E-state index in [2.05, 4.69) is 15.3 Å². The molecular formula is C16H21FN4. The molecule has 0 fully saturated rings. The molecule has 0 aliphatic carbocycles. The lowest BCUT2D eigenvalue weighted by Crippen LogP contribution is -2.24. The van der Waals surface area contributed by atoms with Gasteiger partial charge >= 0.3 is 0 Å². The Labute approximate surface area is 125 Å². The number of hydrogen-bond acceptors (Lipinski definition) is 4. The quantitative estimate of drug-likeness (QED) is 0.887. The molecule has 0 aliphatic heterocycles. The van der Waals surface area contributed by atoms with E-state index in [4.69, 9.17) is 0 Å². The fourth-order valence-corrected chi connectivity index (χ4v) is 2.10. The highest BCUT2D eigenvalue weighted by Crippen LogP contribution is 2.25. The van der Waals surface area contributed by atoms with Gasteiger partial charge in [-0.1, -0.05) is 25.1 Å². The number of benzene rings is 1. The number of nitrogens with zero attached hydrogens (tertiary/aromatic N) is 3. The summed E-state index contributed by atoms with van der Waals surface area (Å²) in [6, 6.07) is 6.70. The molecule has 0 radical (unpaired) electrons. The van der Waals surface area contributed by atoms with E-state index in [-0.39, 0.29) is 11.9 Å². The van der Waals surface area contributed by atoms with E-state index in [0.29, 0.717) is 12.1 Å². The molecule has 0 amide bonds. The van der Waals surface area contributed by atoms with Gasteiger partial charge in [-0.2, -0.15) is 0 Å². The standard InChI is InChI=1S/C16H21FN4/c1-4-18-9-13-10-20-16(11-19-13)21(3)12(2)14-7-5-6-8-15(14)17/h5-8,10-12,18H,4,9H2,1-3H3. The van der Waals surface area contributed by atoms with Crippen LogP contribution in [0.25, 0.3) is 0 Å². The van der Waals surface area contributed by atoms with Crippen LogP contribution in [0, 0.1) is 5.82 Å². The highest BCUT2D eigenvalue weighted by Gasteiger charge is 2.16. The van der Waals surface area contributed by atoms with Crippen LogP contribution in [0.1, 0.15) is 31.1 Å². The first-order valence-corrected chi connectivity index (χ1v) is 7.12. The van der Waals surface area contributed by atoms with Crippen molar-refractivity contribution in [3.63, 3.8) is 0 Å². The molecular weight excluding hydrogens is 267 g/mol. The molecule has 4 nitrogen and oxygen atoms in total. The van der Waals surface area contributed by atoms with E-state index < -0.39 is 0 Å². The first-order chi connectivity index (χ1) is 10.1. The number of anilines is 1. The van der Waals surface area contributed by atoms with E-state index in [9.17, 15) is 4.39 Å². The molecule has 0 saturated heterocycles. The predicted octanol–water partition coefficient (Wildman–Crippen LogP) is 2.92. The molecule has 0 saturated carbocycles. The summed E-state index contributed by atoms with van der Waals surface area (Å²) in [7, 11) is 1.89. The molecule has 0 aliphatic rings. The normalized spacial score (nSPS) is 12.2. The molecule has 1 aromatic carbocycles. The van der Waals surface area contributed by atoms with Crippen molar-refractivity contribution in [3.8, 4) is 0 Å². The van der Waals surface area contributed by atoms with Gasteiger partial charge in [0.05, 0.1) is 24.1 Å². The Morgan fingerprint density at radius 1 is 1.24 bits per heavy atom. The van der Waals surface area contributed by atoms with Gasteiger partial charge in [0.1, 0.15) is 11.6 Å². The van der Waals surface area contributed by atoms with Gasteiger partial charge in [0, 0.05) is 19.2 Å². The van der Waals surface area contributed by atoms with E-state index in [1.807, 2.05) is 31.9 Å². The minimum absolute atomic E-state index is 0.111. The van der Waals surface area contributed by atoms with Crippen molar-refractivity contribution in [1.82, 2.24) is 15.3 Å². The largest absolute Gasteiger partial charge is 0.352 e. The molecule has 1 atom stereocenters. The second-order valence-corrected chi connectivity index (χ2v) is 4.95. The van der Waals surface area contributed by atoms with Crippen molar-refractivity contribution in [2.24, 2.45) is 0 Å². The predicted molar refractivity (Wildman–Crippen MR) is 82.6 cm³/mol. The van der Waals surface area contributed by atoms with Gasteiger partial charge in [0.2, 0.25) is 0 Å². The van der Waals surface area contributed by atoms with Gasteiger partial charge in [-0.25, -0.2) is 9.37 Å². The van der Waals surface area contributed by atoms with E-state index in [1.165, 1.54) is 6.07 Å². The molecule has 21 heavy (non-hydrogen) atoms. The van der Waals surface area contributed by atoms with Gasteiger partial charge in [-0.3, -0.25) is 4.98 Å². The molecule has 2 rings (SSSR count). The maximum Gasteiger partial charge on any atom is 0.147 e. The highest BCUT2D eigenvalue weighted by atomic mass is 19.1. The van der Waals surface area contributed by atoms with Gasteiger partial charge in [0.25, 0.3) is 0 Å². The average Bonchev–Trinajstić information content (AvgIpc) is 2.52. The molecule has 1 unspecified atom stereocenters. The van der Waals surface area contributed by atoms with Crippen molar-refractivity contribution in [2.75, 3.05) is 18.5 Å². The van der Waals surface area contributed by atoms with E-state index in [1.54, 1.807) is 24.5 Å². The second-order valence-electron chi connectivity index (χ2n) is 4.95. The lowest BCUT2D eigenvalue weighted by Gasteiger charge is -2.26. The summed E-state index contributed by atoms with van der Waals surface area (Å²) in [6.45, 7) is 5.60. The van der Waals surface area contributed by atoms with Crippen LogP contribution in [0.2, 0.25) is 0 Å². The lowest BCUT2D eigenvalue weighted by atomic mass is 10.1. The van der Waals surface area contributed by atoms with Crippen molar-refractivity contribution < 1.29 is 4.39 Å². The smallest absolute Gasteiger partial charge is 0.147 e. The third-order valence-corrected chi connectivity index (χ3v) is 3.55. The van der Waals surface area contributed by atoms with Crippen LogP contribution >= 0.6 is 0 Å². The zero-order valence-corrected chi connectivity index (χ0v) is 12.7. The van der Waals surface area contributed by atoms with Crippen LogP contribution in [0.4, 0.5) is 10.2 Å². The molecule has 5 heteroatoms. The van der Waals surface area contributed by atoms with E-state index >= 15 is 0 Å².